The summed E-state index contributed by atoms with van der Waals surface area (Å²) in [5, 5.41) is 9.99. The summed E-state index contributed by atoms with van der Waals surface area (Å²) in [6.45, 7) is 18.1. The van der Waals surface area contributed by atoms with Gasteiger partial charge >= 0.3 is 0 Å². The first-order valence-corrected chi connectivity index (χ1v) is 28.5. The van der Waals surface area contributed by atoms with E-state index in [1.807, 2.05) is 0 Å². The third kappa shape index (κ3) is 7.07. The molecule has 4 nitrogen and oxygen atoms in total. The predicted octanol–water partition coefficient (Wildman–Crippen LogP) is 21.7. The van der Waals surface area contributed by atoms with Crippen LogP contribution in [0.3, 0.4) is 0 Å². The van der Waals surface area contributed by atoms with E-state index in [2.05, 4.69) is 292 Å². The predicted molar refractivity (Wildman–Crippen MR) is 343 cm³/mol. The fraction of sp³-hybridized carbons (Fsp3) is 0.132. The van der Waals surface area contributed by atoms with Gasteiger partial charge in [0.05, 0.1) is 55.8 Å². The summed E-state index contributed by atoms with van der Waals surface area (Å²) in [6, 6.07) is 82.8. The lowest BCUT2D eigenvalue weighted by Crippen LogP contribution is -2.13. The molecule has 80 heavy (non-hydrogen) atoms. The molecule has 15 aromatic rings. The Bertz CT molecular complexity index is 4630. The highest BCUT2D eigenvalue weighted by Crippen LogP contribution is 2.54. The zero-order chi connectivity index (χ0) is 54.2. The number of rotatable bonds is 10. The second-order valence-electron chi connectivity index (χ2n) is 23.1. The van der Waals surface area contributed by atoms with Crippen LogP contribution < -0.4 is 9.80 Å². The summed E-state index contributed by atoms with van der Waals surface area (Å²) in [5.74, 6) is 0.763. The molecule has 0 unspecified atom stereocenters. The number of hydrogen-bond donors (Lipinski definition) is 0. The highest BCUT2D eigenvalue weighted by Gasteiger charge is 2.30. The van der Waals surface area contributed by atoms with Crippen LogP contribution >= 0.6 is 0 Å². The van der Waals surface area contributed by atoms with Crippen molar-refractivity contribution in [2.24, 2.45) is 0 Å². The van der Waals surface area contributed by atoms with E-state index in [9.17, 15) is 0 Å². The van der Waals surface area contributed by atoms with Crippen molar-refractivity contribution in [3.63, 3.8) is 0 Å². The maximum Gasteiger partial charge on any atom is 0.0641 e. The summed E-state index contributed by atoms with van der Waals surface area (Å²) in [6.07, 6.45) is 0. The standard InChI is InChI=1S/C76H62N4/c1-45(2)53-29-35-67(59(41-53)51-19-11-9-12-20-51)77(63-33-27-47(5)39-49(63)7)69-37-31-55-61-43-72-62(44-71(61)79-65-25-17-15-23-57(65)73(69)75(55)79)56-32-38-70(74-58-24-16-18-26-66(58)80(72)76(56)74)78(64-34-28-48(6)40-50(64)8)68-36-30-54(46(3)4)42-60(68)52-21-13-10-14-22-52/h9-46H,1-8H3. The van der Waals surface area contributed by atoms with Gasteiger partial charge in [-0.2, -0.15) is 0 Å². The van der Waals surface area contributed by atoms with Gasteiger partial charge in [-0.25, -0.2) is 0 Å². The smallest absolute Gasteiger partial charge is 0.0641 e. The van der Waals surface area contributed by atoms with E-state index in [1.54, 1.807) is 0 Å². The van der Waals surface area contributed by atoms with Crippen LogP contribution in [-0.4, -0.2) is 8.80 Å². The molecule has 0 aliphatic rings. The molecule has 0 amide bonds. The minimum Gasteiger partial charge on any atom is -0.309 e. The van der Waals surface area contributed by atoms with Crippen LogP contribution in [0.5, 0.6) is 0 Å². The van der Waals surface area contributed by atoms with Gasteiger partial charge in [0, 0.05) is 65.6 Å². The molecule has 0 atom stereocenters. The van der Waals surface area contributed by atoms with Gasteiger partial charge in [-0.1, -0.05) is 184 Å². The normalized spacial score (nSPS) is 12.2. The molecule has 0 saturated carbocycles. The third-order valence-electron chi connectivity index (χ3n) is 17.5. The lowest BCUT2D eigenvalue weighted by molar-refractivity contribution is 0.867. The zero-order valence-corrected chi connectivity index (χ0v) is 46.7. The van der Waals surface area contributed by atoms with Gasteiger partial charge in [0.1, 0.15) is 0 Å². The Morgan fingerprint density at radius 2 is 0.675 bits per heavy atom. The van der Waals surface area contributed by atoms with Crippen LogP contribution in [0.15, 0.2) is 218 Å². The summed E-state index contributed by atoms with van der Waals surface area (Å²) in [7, 11) is 0. The molecule has 0 aliphatic heterocycles. The van der Waals surface area contributed by atoms with Gasteiger partial charge in [0.2, 0.25) is 0 Å². The summed E-state index contributed by atoms with van der Waals surface area (Å²) in [5.41, 5.74) is 26.8. The highest BCUT2D eigenvalue weighted by molar-refractivity contribution is 6.32. The molecule has 4 aromatic heterocycles. The molecule has 0 aliphatic carbocycles. The van der Waals surface area contributed by atoms with Crippen molar-refractivity contribution in [2.75, 3.05) is 9.80 Å². The van der Waals surface area contributed by atoms with Gasteiger partial charge in [-0.05, 0) is 146 Å². The largest absolute Gasteiger partial charge is 0.309 e. The van der Waals surface area contributed by atoms with E-state index in [1.165, 1.54) is 155 Å². The van der Waals surface area contributed by atoms with Gasteiger partial charge in [-0.15, -0.1) is 0 Å². The number of para-hydroxylation sites is 2. The van der Waals surface area contributed by atoms with Crippen LogP contribution in [0.4, 0.5) is 34.1 Å². The Hall–Kier alpha value is -9.38. The number of fused-ring (bicyclic) bond motifs is 12. The van der Waals surface area contributed by atoms with Gasteiger partial charge in [0.15, 0.2) is 0 Å². The monoisotopic (exact) mass is 1030 g/mol. The van der Waals surface area contributed by atoms with Crippen molar-refractivity contribution in [1.82, 2.24) is 8.80 Å². The molecule has 0 saturated heterocycles. The molecule has 386 valence electrons. The maximum absolute atomic E-state index is 2.57. The van der Waals surface area contributed by atoms with E-state index in [-0.39, 0.29) is 0 Å². The first-order chi connectivity index (χ1) is 39.0. The quantitative estimate of drug-likeness (QED) is 0.136. The van der Waals surface area contributed by atoms with Crippen molar-refractivity contribution in [3.8, 4) is 22.3 Å². The Labute approximate surface area is 467 Å². The Morgan fingerprint density at radius 3 is 1.07 bits per heavy atom. The fourth-order valence-electron chi connectivity index (χ4n) is 13.6. The zero-order valence-electron chi connectivity index (χ0n) is 46.7. The fourth-order valence-corrected chi connectivity index (χ4v) is 13.6. The maximum atomic E-state index is 2.57. The van der Waals surface area contributed by atoms with Crippen LogP contribution in [0.2, 0.25) is 0 Å². The number of aromatic nitrogens is 2. The highest BCUT2D eigenvalue weighted by atomic mass is 15.2. The number of nitrogens with zero attached hydrogens (tertiary/aromatic N) is 4. The lowest BCUT2D eigenvalue weighted by Gasteiger charge is -2.31. The number of anilines is 6. The van der Waals surface area contributed by atoms with Crippen molar-refractivity contribution in [3.05, 3.63) is 252 Å². The van der Waals surface area contributed by atoms with Gasteiger partial charge < -0.3 is 18.6 Å². The van der Waals surface area contributed by atoms with E-state index >= 15 is 0 Å². The Morgan fingerprint density at radius 1 is 0.300 bits per heavy atom. The van der Waals surface area contributed by atoms with Crippen LogP contribution in [-0.2, 0) is 0 Å². The summed E-state index contributed by atoms with van der Waals surface area (Å²) < 4.78 is 5.15. The van der Waals surface area contributed by atoms with Gasteiger partial charge in [0.25, 0.3) is 0 Å². The van der Waals surface area contributed by atoms with Crippen molar-refractivity contribution < 1.29 is 0 Å². The molecule has 15 rings (SSSR count). The van der Waals surface area contributed by atoms with Crippen LogP contribution in [0.25, 0.3) is 98.4 Å². The number of aryl methyl sites for hydroxylation is 4. The minimum absolute atomic E-state index is 0.382. The SMILES string of the molecule is Cc1ccc(N(c2ccc(C(C)C)cc2-c2ccccc2)c2ccc3c4cc5c(cc4n4c6ccccc6c2c34)c2ccc(N(c3ccc(C)cc3C)c3ccc(C(C)C)cc3-c3ccccc3)c3c4ccccc4n5c23)c(C)c1. The molecule has 0 bridgehead atoms. The summed E-state index contributed by atoms with van der Waals surface area (Å²) in [4.78, 5) is 5.11. The minimum atomic E-state index is 0.382. The van der Waals surface area contributed by atoms with Crippen molar-refractivity contribution in [2.45, 2.75) is 67.2 Å². The van der Waals surface area contributed by atoms with Crippen molar-refractivity contribution >= 4 is 110 Å². The van der Waals surface area contributed by atoms with Crippen LogP contribution in [0, 0.1) is 27.7 Å². The van der Waals surface area contributed by atoms with Crippen molar-refractivity contribution in [1.29, 1.82) is 0 Å². The number of hydrogen-bond acceptors (Lipinski definition) is 2. The van der Waals surface area contributed by atoms with Gasteiger partial charge in [-0.3, -0.25) is 0 Å². The molecule has 0 spiro atoms. The molecule has 0 radical (unpaired) electrons. The Kier molecular flexibility index (Phi) is 10.8. The average Bonchev–Trinajstić information content (AvgIpc) is 4.36. The molecule has 0 N–H and O–H groups in total. The third-order valence-corrected chi connectivity index (χ3v) is 17.5. The van der Waals surface area contributed by atoms with Crippen LogP contribution in [0.1, 0.15) is 72.9 Å². The average molecular weight is 1030 g/mol. The first-order valence-electron chi connectivity index (χ1n) is 28.5. The lowest BCUT2D eigenvalue weighted by atomic mass is 9.94. The van der Waals surface area contributed by atoms with E-state index < -0.39 is 0 Å². The number of benzene rings is 11. The molecule has 11 aromatic carbocycles. The second kappa shape index (κ2) is 18.1. The second-order valence-corrected chi connectivity index (χ2v) is 23.1. The molecule has 4 heterocycles. The molecular formula is C76H62N4. The first kappa shape index (κ1) is 47.8. The van der Waals surface area contributed by atoms with E-state index in [0.717, 1.165) is 11.4 Å². The van der Waals surface area contributed by atoms with E-state index in [4.69, 9.17) is 0 Å². The Balaban J connectivity index is 1.02. The molecular weight excluding hydrogens is 969 g/mol. The topological polar surface area (TPSA) is 15.3 Å². The van der Waals surface area contributed by atoms with E-state index in [0.29, 0.717) is 11.8 Å². The molecule has 4 heteroatoms. The summed E-state index contributed by atoms with van der Waals surface area (Å²) >= 11 is 0. The molecule has 0 fully saturated rings.